The fourth-order valence-electron chi connectivity index (χ4n) is 3.81. The van der Waals surface area contributed by atoms with Gasteiger partial charge in [0.25, 0.3) is 5.91 Å². The highest BCUT2D eigenvalue weighted by atomic mass is 16.1. The summed E-state index contributed by atoms with van der Waals surface area (Å²) in [6.45, 7) is 5.61. The van der Waals surface area contributed by atoms with Crippen LogP contribution in [0.3, 0.4) is 0 Å². The molecule has 0 saturated heterocycles. The van der Waals surface area contributed by atoms with Gasteiger partial charge in [0, 0.05) is 17.3 Å². The Morgan fingerprint density at radius 3 is 2.23 bits per heavy atom. The molecule has 1 atom stereocenters. The maximum Gasteiger partial charge on any atom is 0.252 e. The van der Waals surface area contributed by atoms with Gasteiger partial charge in [0.1, 0.15) is 5.65 Å². The molecule has 2 aromatic heterocycles. The number of aryl methyl sites for hydroxylation is 2. The molecular formula is C25H23N3O2. The van der Waals surface area contributed by atoms with Gasteiger partial charge in [-0.25, -0.2) is 4.98 Å². The minimum Gasteiger partial charge on any atom is -0.340 e. The number of benzene rings is 2. The molecule has 1 amide bonds. The average Bonchev–Trinajstić information content (AvgIpc) is 3.17. The number of amides is 1. The first-order chi connectivity index (χ1) is 14.5. The summed E-state index contributed by atoms with van der Waals surface area (Å²) >= 11 is 0. The van der Waals surface area contributed by atoms with Crippen molar-refractivity contribution in [2.45, 2.75) is 26.8 Å². The number of nitrogens with zero attached hydrogens (tertiary/aromatic N) is 2. The third-order valence-corrected chi connectivity index (χ3v) is 5.40. The molecule has 0 radical (unpaired) electrons. The van der Waals surface area contributed by atoms with Gasteiger partial charge >= 0.3 is 0 Å². The number of pyridine rings is 1. The van der Waals surface area contributed by atoms with Crippen LogP contribution < -0.4 is 5.32 Å². The Bertz CT molecular complexity index is 1220. The minimum atomic E-state index is -0.372. The topological polar surface area (TPSA) is 63.5 Å². The predicted octanol–water partition coefficient (Wildman–Crippen LogP) is 4.67. The molecular weight excluding hydrogens is 374 g/mol. The number of carbonyl (C=O) groups is 2. The summed E-state index contributed by atoms with van der Waals surface area (Å²) < 4.78 is 2.00. The van der Waals surface area contributed by atoms with E-state index < -0.39 is 0 Å². The molecule has 0 saturated carbocycles. The Hall–Kier alpha value is -3.73. The lowest BCUT2D eigenvalue weighted by Gasteiger charge is -2.23. The van der Waals surface area contributed by atoms with E-state index in [0.29, 0.717) is 11.1 Å². The Kier molecular flexibility index (Phi) is 5.19. The molecule has 0 spiro atoms. The third kappa shape index (κ3) is 3.62. The molecule has 5 nitrogen and oxygen atoms in total. The number of fused-ring (bicyclic) bond motifs is 1. The fraction of sp³-hybridized carbons (Fsp3) is 0.160. The molecule has 0 fully saturated rings. The van der Waals surface area contributed by atoms with E-state index in [1.807, 2.05) is 67.0 Å². The second-order valence-electron chi connectivity index (χ2n) is 7.46. The molecule has 4 rings (SSSR count). The first-order valence-electron chi connectivity index (χ1n) is 9.85. The van der Waals surface area contributed by atoms with E-state index in [-0.39, 0.29) is 17.7 Å². The normalized spacial score (nSPS) is 12.0. The monoisotopic (exact) mass is 397 g/mol. The number of ketones is 1. The van der Waals surface area contributed by atoms with E-state index in [4.69, 9.17) is 0 Å². The molecule has 2 aromatic carbocycles. The maximum absolute atomic E-state index is 13.1. The second kappa shape index (κ2) is 7.95. The van der Waals surface area contributed by atoms with Crippen molar-refractivity contribution in [3.63, 3.8) is 0 Å². The van der Waals surface area contributed by atoms with Crippen LogP contribution in [0, 0.1) is 13.8 Å². The molecule has 150 valence electrons. The van der Waals surface area contributed by atoms with Crippen molar-refractivity contribution >= 4 is 17.3 Å². The maximum atomic E-state index is 13.1. The van der Waals surface area contributed by atoms with Crippen molar-refractivity contribution in [1.82, 2.24) is 14.7 Å². The Balaban J connectivity index is 1.78. The molecule has 4 aromatic rings. The van der Waals surface area contributed by atoms with Crippen LogP contribution in [0.25, 0.3) is 5.65 Å². The molecule has 5 heteroatoms. The van der Waals surface area contributed by atoms with Gasteiger partial charge in [-0.2, -0.15) is 0 Å². The number of rotatable bonds is 5. The van der Waals surface area contributed by atoms with Crippen molar-refractivity contribution in [3.05, 3.63) is 107 Å². The van der Waals surface area contributed by atoms with Crippen LogP contribution in [0.4, 0.5) is 0 Å². The van der Waals surface area contributed by atoms with Crippen LogP contribution in [0.2, 0.25) is 0 Å². The lowest BCUT2D eigenvalue weighted by molar-refractivity contribution is 0.0940. The third-order valence-electron chi connectivity index (χ3n) is 5.40. The van der Waals surface area contributed by atoms with E-state index in [9.17, 15) is 9.59 Å². The van der Waals surface area contributed by atoms with Gasteiger partial charge in [-0.15, -0.1) is 0 Å². The van der Waals surface area contributed by atoms with E-state index in [0.717, 1.165) is 28.0 Å². The van der Waals surface area contributed by atoms with Gasteiger partial charge < -0.3 is 9.72 Å². The van der Waals surface area contributed by atoms with Crippen LogP contribution in [-0.4, -0.2) is 21.1 Å². The van der Waals surface area contributed by atoms with Crippen LogP contribution in [0.15, 0.2) is 73.1 Å². The van der Waals surface area contributed by atoms with Crippen LogP contribution in [0.5, 0.6) is 0 Å². The number of hydrogen-bond acceptors (Lipinski definition) is 3. The van der Waals surface area contributed by atoms with Crippen molar-refractivity contribution < 1.29 is 9.59 Å². The lowest BCUT2D eigenvalue weighted by Crippen LogP contribution is -2.31. The van der Waals surface area contributed by atoms with E-state index in [1.54, 1.807) is 24.3 Å². The standard InChI is InChI=1S/C25H23N3O2/c1-16-7-6-8-17(2)23(16)24(21-15-26-22-9-4-5-14-28(21)22)27-25(30)20-12-10-19(11-13-20)18(3)29/h4-15,24H,1-3H3,(H,27,30). The van der Waals surface area contributed by atoms with Gasteiger partial charge in [0.05, 0.1) is 17.9 Å². The zero-order valence-corrected chi connectivity index (χ0v) is 17.2. The summed E-state index contributed by atoms with van der Waals surface area (Å²) in [6, 6.07) is 18.3. The summed E-state index contributed by atoms with van der Waals surface area (Å²) in [4.78, 5) is 29.2. The second-order valence-corrected chi connectivity index (χ2v) is 7.46. The highest BCUT2D eigenvalue weighted by Gasteiger charge is 2.24. The predicted molar refractivity (Wildman–Crippen MR) is 117 cm³/mol. The van der Waals surface area contributed by atoms with Crippen molar-refractivity contribution in [2.75, 3.05) is 0 Å². The smallest absolute Gasteiger partial charge is 0.252 e. The number of aromatic nitrogens is 2. The summed E-state index contributed by atoms with van der Waals surface area (Å²) in [6.07, 6.45) is 3.76. The molecule has 2 heterocycles. The number of imidazole rings is 1. The SMILES string of the molecule is CC(=O)c1ccc(C(=O)NC(c2c(C)cccc2C)c2cnc3ccccn23)cc1. The first kappa shape index (κ1) is 19.6. The molecule has 0 bridgehead atoms. The van der Waals surface area contributed by atoms with E-state index in [1.165, 1.54) is 6.92 Å². The van der Waals surface area contributed by atoms with E-state index in [2.05, 4.69) is 10.3 Å². The molecule has 0 aliphatic rings. The number of carbonyl (C=O) groups excluding carboxylic acids is 2. The van der Waals surface area contributed by atoms with Gasteiger partial charge in [0.15, 0.2) is 5.78 Å². The Morgan fingerprint density at radius 1 is 0.900 bits per heavy atom. The Morgan fingerprint density at radius 2 is 1.57 bits per heavy atom. The van der Waals surface area contributed by atoms with Crippen LogP contribution in [0.1, 0.15) is 56.1 Å². The van der Waals surface area contributed by atoms with Crippen molar-refractivity contribution in [1.29, 1.82) is 0 Å². The number of hydrogen-bond donors (Lipinski definition) is 1. The fourth-order valence-corrected chi connectivity index (χ4v) is 3.81. The van der Waals surface area contributed by atoms with Gasteiger partial charge in [-0.3, -0.25) is 9.59 Å². The van der Waals surface area contributed by atoms with Gasteiger partial charge in [0.2, 0.25) is 0 Å². The van der Waals surface area contributed by atoms with Crippen LogP contribution >= 0.6 is 0 Å². The molecule has 1 unspecified atom stereocenters. The zero-order chi connectivity index (χ0) is 21.3. The van der Waals surface area contributed by atoms with Crippen molar-refractivity contribution in [2.24, 2.45) is 0 Å². The molecule has 1 N–H and O–H groups in total. The molecule has 0 aliphatic carbocycles. The summed E-state index contributed by atoms with van der Waals surface area (Å²) in [5.41, 5.74) is 6.04. The summed E-state index contributed by atoms with van der Waals surface area (Å²) in [5.74, 6) is -0.232. The highest BCUT2D eigenvalue weighted by molar-refractivity contribution is 5.98. The minimum absolute atomic E-state index is 0.0268. The largest absolute Gasteiger partial charge is 0.340 e. The summed E-state index contributed by atoms with van der Waals surface area (Å²) in [7, 11) is 0. The Labute approximate surface area is 175 Å². The highest BCUT2D eigenvalue weighted by Crippen LogP contribution is 2.29. The molecule has 30 heavy (non-hydrogen) atoms. The van der Waals surface area contributed by atoms with Crippen LogP contribution in [-0.2, 0) is 0 Å². The zero-order valence-electron chi connectivity index (χ0n) is 17.2. The summed E-state index contributed by atoms with van der Waals surface area (Å²) in [5, 5.41) is 3.19. The van der Waals surface area contributed by atoms with Crippen molar-refractivity contribution in [3.8, 4) is 0 Å². The average molecular weight is 397 g/mol. The number of nitrogens with one attached hydrogen (secondary N) is 1. The van der Waals surface area contributed by atoms with Gasteiger partial charge in [-0.05, 0) is 61.7 Å². The van der Waals surface area contributed by atoms with E-state index >= 15 is 0 Å². The number of Topliss-reactive ketones (excluding diaryl/α,β-unsaturated/α-hetero) is 1. The lowest BCUT2D eigenvalue weighted by atomic mass is 9.94. The molecule has 0 aliphatic heterocycles. The van der Waals surface area contributed by atoms with Gasteiger partial charge in [-0.1, -0.05) is 36.4 Å². The quantitative estimate of drug-likeness (QED) is 0.498. The first-order valence-corrected chi connectivity index (χ1v) is 9.85.